The third kappa shape index (κ3) is 4.92. The van der Waals surface area contributed by atoms with E-state index in [4.69, 9.17) is 9.47 Å². The number of para-hydroxylation sites is 1. The van der Waals surface area contributed by atoms with Crippen molar-refractivity contribution >= 4 is 5.97 Å². The Morgan fingerprint density at radius 2 is 1.75 bits per heavy atom. The van der Waals surface area contributed by atoms with Gasteiger partial charge in [-0.25, -0.2) is 4.79 Å². The second kappa shape index (κ2) is 10.9. The highest BCUT2D eigenvalue weighted by Gasteiger charge is 2.71. The summed E-state index contributed by atoms with van der Waals surface area (Å²) in [5.74, 6) is 1.88. The van der Waals surface area contributed by atoms with Crippen molar-refractivity contribution < 1.29 is 19.2 Å². The molecule has 2 heterocycles. The van der Waals surface area contributed by atoms with Crippen molar-refractivity contribution in [1.29, 1.82) is 0 Å². The van der Waals surface area contributed by atoms with Gasteiger partial charge in [0.05, 0.1) is 19.7 Å². The van der Waals surface area contributed by atoms with Crippen LogP contribution in [0.25, 0.3) is 0 Å². The van der Waals surface area contributed by atoms with Crippen molar-refractivity contribution in [3.63, 3.8) is 0 Å². The zero-order valence-corrected chi connectivity index (χ0v) is 22.1. The van der Waals surface area contributed by atoms with Gasteiger partial charge in [-0.3, -0.25) is 4.90 Å². The van der Waals surface area contributed by atoms with Crippen LogP contribution in [0.1, 0.15) is 57.9 Å². The number of nitrogens with one attached hydrogen (secondary N) is 1. The fourth-order valence-electron chi connectivity index (χ4n) is 6.99. The Kier molecular flexibility index (Phi) is 7.68. The number of benzene rings is 2. The molecule has 5 heteroatoms. The molecular weight excluding hydrogens is 448 g/mol. The molecule has 1 N–H and O–H groups in total. The van der Waals surface area contributed by atoms with Crippen molar-refractivity contribution in [1.82, 2.24) is 4.90 Å². The van der Waals surface area contributed by atoms with Crippen molar-refractivity contribution in [2.24, 2.45) is 11.8 Å². The number of carbonyl (C=O) groups excluding carboxylic acids is 1. The summed E-state index contributed by atoms with van der Waals surface area (Å²) in [5, 5.41) is 0. The maximum atomic E-state index is 14.2. The van der Waals surface area contributed by atoms with Crippen LogP contribution in [0.5, 0.6) is 5.75 Å². The SMILES string of the molecule is CCC1C2CC[NH+](CCCOc3ccccc3)CC12OC(=O)C(C)(c1ccccc1)N1CCCCC1. The summed E-state index contributed by atoms with van der Waals surface area (Å²) < 4.78 is 12.6. The predicted octanol–water partition coefficient (Wildman–Crippen LogP) is 4.08. The van der Waals surface area contributed by atoms with E-state index >= 15 is 0 Å². The van der Waals surface area contributed by atoms with Gasteiger partial charge in [0, 0.05) is 24.7 Å². The van der Waals surface area contributed by atoms with Crippen LogP contribution in [0.2, 0.25) is 0 Å². The summed E-state index contributed by atoms with van der Waals surface area (Å²) in [6.45, 7) is 10.1. The van der Waals surface area contributed by atoms with Crippen LogP contribution in [0.15, 0.2) is 60.7 Å². The number of hydrogen-bond acceptors (Lipinski definition) is 4. The lowest BCUT2D eigenvalue weighted by molar-refractivity contribution is -0.909. The van der Waals surface area contributed by atoms with Crippen molar-refractivity contribution in [3.05, 3.63) is 66.2 Å². The molecule has 194 valence electrons. The molecule has 2 aromatic carbocycles. The number of quaternary nitrogens is 1. The minimum Gasteiger partial charge on any atom is -0.493 e. The minimum atomic E-state index is -0.733. The molecule has 0 aromatic heterocycles. The van der Waals surface area contributed by atoms with Gasteiger partial charge < -0.3 is 14.4 Å². The first-order valence-electron chi connectivity index (χ1n) is 14.1. The van der Waals surface area contributed by atoms with E-state index in [0.717, 1.165) is 82.7 Å². The first-order valence-corrected chi connectivity index (χ1v) is 14.1. The molecule has 2 saturated heterocycles. The number of fused-ring (bicyclic) bond motifs is 1. The third-order valence-electron chi connectivity index (χ3n) is 9.10. The monoisotopic (exact) mass is 491 g/mol. The van der Waals surface area contributed by atoms with Crippen LogP contribution >= 0.6 is 0 Å². The molecule has 5 atom stereocenters. The van der Waals surface area contributed by atoms with Gasteiger partial charge in [-0.2, -0.15) is 0 Å². The molecule has 5 rings (SSSR count). The van der Waals surface area contributed by atoms with Gasteiger partial charge in [0.1, 0.15) is 17.8 Å². The van der Waals surface area contributed by atoms with E-state index in [-0.39, 0.29) is 11.6 Å². The van der Waals surface area contributed by atoms with Gasteiger partial charge >= 0.3 is 5.97 Å². The highest BCUT2D eigenvalue weighted by atomic mass is 16.6. The molecular formula is C31H43N2O3+. The maximum absolute atomic E-state index is 14.2. The summed E-state index contributed by atoms with van der Waals surface area (Å²) in [5.41, 5.74) is 0.0192. The number of carbonyl (C=O) groups is 1. The van der Waals surface area contributed by atoms with E-state index in [1.54, 1.807) is 4.90 Å². The van der Waals surface area contributed by atoms with E-state index in [9.17, 15) is 4.79 Å². The zero-order chi connectivity index (χ0) is 25.0. The second-order valence-electron chi connectivity index (χ2n) is 11.2. The lowest BCUT2D eigenvalue weighted by atomic mass is 9.88. The van der Waals surface area contributed by atoms with Crippen LogP contribution in [0.4, 0.5) is 0 Å². The number of nitrogens with zero attached hydrogens (tertiary/aromatic N) is 1. The fraction of sp³-hybridized carbons (Fsp3) is 0.581. The molecule has 0 amide bonds. The molecule has 36 heavy (non-hydrogen) atoms. The number of ether oxygens (including phenoxy) is 2. The van der Waals surface area contributed by atoms with E-state index in [0.29, 0.717) is 11.8 Å². The first-order chi connectivity index (χ1) is 17.6. The van der Waals surface area contributed by atoms with Gasteiger partial charge in [0.25, 0.3) is 0 Å². The van der Waals surface area contributed by atoms with Crippen molar-refractivity contribution in [3.8, 4) is 5.75 Å². The minimum absolute atomic E-state index is 0.0507. The lowest BCUT2D eigenvalue weighted by Crippen LogP contribution is -3.14. The van der Waals surface area contributed by atoms with Gasteiger partial charge in [-0.1, -0.05) is 61.9 Å². The van der Waals surface area contributed by atoms with Crippen LogP contribution in [0.3, 0.4) is 0 Å². The number of rotatable bonds is 10. The Balaban J connectivity index is 1.27. The molecule has 2 aliphatic heterocycles. The molecule has 3 fully saturated rings. The average Bonchev–Trinajstić information content (AvgIpc) is 3.57. The van der Waals surface area contributed by atoms with Gasteiger partial charge in [0.15, 0.2) is 5.60 Å². The van der Waals surface area contributed by atoms with Crippen molar-refractivity contribution in [2.75, 3.05) is 39.3 Å². The first kappa shape index (κ1) is 25.3. The predicted molar refractivity (Wildman–Crippen MR) is 142 cm³/mol. The Morgan fingerprint density at radius 3 is 2.44 bits per heavy atom. The molecule has 0 spiro atoms. The largest absolute Gasteiger partial charge is 0.493 e. The summed E-state index contributed by atoms with van der Waals surface area (Å²) in [6.07, 6.45) is 6.76. The molecule has 1 aliphatic carbocycles. The topological polar surface area (TPSA) is 43.2 Å². The number of hydrogen-bond donors (Lipinski definition) is 1. The molecule has 0 radical (unpaired) electrons. The molecule has 0 bridgehead atoms. The standard InChI is InChI=1S/C31H42N2O3/c1-3-27-28-18-22-32(19-13-23-35-26-16-9-5-10-17-26)24-31(27,28)36-29(34)30(2,25-14-7-4-8-15-25)33-20-11-6-12-21-33/h4-5,7-10,14-17,27-28H,3,6,11-13,18-24H2,1-2H3/p+1. The summed E-state index contributed by atoms with van der Waals surface area (Å²) in [6, 6.07) is 20.4. The lowest BCUT2D eigenvalue weighted by Gasteiger charge is -2.43. The highest BCUT2D eigenvalue weighted by Crippen LogP contribution is 2.58. The van der Waals surface area contributed by atoms with Gasteiger partial charge in [-0.05, 0) is 57.0 Å². The highest BCUT2D eigenvalue weighted by molar-refractivity contribution is 5.83. The Labute approximate surface area is 216 Å². The van der Waals surface area contributed by atoms with Crippen LogP contribution in [-0.4, -0.2) is 55.8 Å². The van der Waals surface area contributed by atoms with E-state index in [2.05, 4.69) is 30.9 Å². The molecule has 2 aromatic rings. The van der Waals surface area contributed by atoms with Gasteiger partial charge in [-0.15, -0.1) is 0 Å². The van der Waals surface area contributed by atoms with Crippen LogP contribution < -0.4 is 9.64 Å². The summed E-state index contributed by atoms with van der Waals surface area (Å²) >= 11 is 0. The van der Waals surface area contributed by atoms with Crippen LogP contribution in [-0.2, 0) is 15.1 Å². The summed E-state index contributed by atoms with van der Waals surface area (Å²) in [7, 11) is 0. The smallest absolute Gasteiger partial charge is 0.331 e. The number of esters is 1. The molecule has 3 aliphatic rings. The average molecular weight is 492 g/mol. The second-order valence-corrected chi connectivity index (χ2v) is 11.2. The van der Waals surface area contributed by atoms with Gasteiger partial charge in [0.2, 0.25) is 0 Å². The maximum Gasteiger partial charge on any atom is 0.331 e. The molecule has 5 unspecified atom stereocenters. The third-order valence-corrected chi connectivity index (χ3v) is 9.10. The van der Waals surface area contributed by atoms with E-state index in [1.165, 1.54) is 6.42 Å². The molecule has 5 nitrogen and oxygen atoms in total. The molecule has 1 saturated carbocycles. The van der Waals surface area contributed by atoms with E-state index < -0.39 is 5.54 Å². The normalized spacial score (nSPS) is 29.6. The Hall–Kier alpha value is -2.37. The van der Waals surface area contributed by atoms with E-state index in [1.807, 2.05) is 48.5 Å². The van der Waals surface area contributed by atoms with Crippen molar-refractivity contribution in [2.45, 2.75) is 63.5 Å². The van der Waals surface area contributed by atoms with Crippen LogP contribution in [0, 0.1) is 11.8 Å². The Bertz CT molecular complexity index is 987. The zero-order valence-electron chi connectivity index (χ0n) is 22.1. The fourth-order valence-corrected chi connectivity index (χ4v) is 6.99. The Morgan fingerprint density at radius 1 is 1.06 bits per heavy atom. The quantitative estimate of drug-likeness (QED) is 0.402. The number of likely N-dealkylation sites (tertiary alicyclic amines) is 2. The number of piperidine rings is 2. The summed E-state index contributed by atoms with van der Waals surface area (Å²) in [4.78, 5) is 18.1.